The summed E-state index contributed by atoms with van der Waals surface area (Å²) >= 11 is 0. The molecular weight excluding hydrogens is 403 g/mol. The number of esters is 1. The van der Waals surface area contributed by atoms with E-state index in [2.05, 4.69) is 15.0 Å². The van der Waals surface area contributed by atoms with Crippen LogP contribution in [0.5, 0.6) is 0 Å². The summed E-state index contributed by atoms with van der Waals surface area (Å²) in [6.07, 6.45) is -1.31. The number of H-pyrrole nitrogens is 1. The Kier molecular flexibility index (Phi) is 4.60. The molecule has 0 amide bonds. The Hall–Kier alpha value is -3.63. The van der Waals surface area contributed by atoms with Gasteiger partial charge >= 0.3 is 12.1 Å². The lowest BCUT2D eigenvalue weighted by Crippen LogP contribution is -2.15. The van der Waals surface area contributed by atoms with Crippen LogP contribution < -0.4 is 5.56 Å². The molecule has 4 rings (SSSR count). The Labute approximate surface area is 166 Å². The van der Waals surface area contributed by atoms with E-state index in [1.54, 1.807) is 30.8 Å². The maximum atomic E-state index is 13.1. The molecule has 156 valence electrons. The molecular formula is C19H16F3N5O3. The van der Waals surface area contributed by atoms with E-state index >= 15 is 0 Å². The summed E-state index contributed by atoms with van der Waals surface area (Å²) in [6.45, 7) is 3.60. The van der Waals surface area contributed by atoms with Gasteiger partial charge in [0.25, 0.3) is 5.56 Å². The van der Waals surface area contributed by atoms with Gasteiger partial charge in [-0.25, -0.2) is 14.8 Å². The fourth-order valence-electron chi connectivity index (χ4n) is 3.29. The maximum absolute atomic E-state index is 13.1. The van der Waals surface area contributed by atoms with Crippen LogP contribution in [0.15, 0.2) is 35.4 Å². The van der Waals surface area contributed by atoms with Crippen LogP contribution in [0.25, 0.3) is 16.7 Å². The lowest BCUT2D eigenvalue weighted by Gasteiger charge is -2.11. The van der Waals surface area contributed by atoms with Gasteiger partial charge in [-0.15, -0.1) is 0 Å². The number of halogens is 3. The number of aromatic nitrogens is 5. The monoisotopic (exact) mass is 419 g/mol. The number of imidazole rings is 2. The van der Waals surface area contributed by atoms with Crippen LogP contribution in [-0.4, -0.2) is 36.5 Å². The SMILES string of the molecule is CCOC(=O)c1nc2c(=O)[nH]c3cc(C(F)(F)F)ccc3n2c1Cn1ccnc1C. The fourth-order valence-corrected chi connectivity index (χ4v) is 3.29. The van der Waals surface area contributed by atoms with Crippen molar-refractivity contribution in [1.82, 2.24) is 23.9 Å². The van der Waals surface area contributed by atoms with Gasteiger partial charge in [0.05, 0.1) is 35.4 Å². The van der Waals surface area contributed by atoms with Crippen molar-refractivity contribution in [1.29, 1.82) is 0 Å². The number of ether oxygens (including phenoxy) is 1. The second-order valence-electron chi connectivity index (χ2n) is 6.57. The van der Waals surface area contributed by atoms with Gasteiger partial charge in [-0.2, -0.15) is 13.2 Å². The molecule has 8 nitrogen and oxygen atoms in total. The molecule has 1 aromatic carbocycles. The highest BCUT2D eigenvalue weighted by molar-refractivity contribution is 5.91. The van der Waals surface area contributed by atoms with Crippen LogP contribution in [0, 0.1) is 6.92 Å². The predicted octanol–water partition coefficient (Wildman–Crippen LogP) is 2.92. The highest BCUT2D eigenvalue weighted by atomic mass is 19.4. The first-order chi connectivity index (χ1) is 14.2. The number of aromatic amines is 1. The Morgan fingerprint density at radius 2 is 2.07 bits per heavy atom. The molecule has 3 heterocycles. The van der Waals surface area contributed by atoms with Crippen LogP contribution in [0.4, 0.5) is 13.2 Å². The molecule has 0 unspecified atom stereocenters. The largest absolute Gasteiger partial charge is 0.461 e. The average molecular weight is 419 g/mol. The van der Waals surface area contributed by atoms with Crippen molar-refractivity contribution in [2.24, 2.45) is 0 Å². The lowest BCUT2D eigenvalue weighted by atomic mass is 10.2. The van der Waals surface area contributed by atoms with Crippen molar-refractivity contribution in [2.45, 2.75) is 26.6 Å². The number of carbonyl (C=O) groups excluding carboxylic acids is 1. The third-order valence-corrected chi connectivity index (χ3v) is 4.70. The quantitative estimate of drug-likeness (QED) is 0.514. The first-order valence-corrected chi connectivity index (χ1v) is 9.00. The first kappa shape index (κ1) is 19.7. The van der Waals surface area contributed by atoms with Gasteiger partial charge in [0.1, 0.15) is 5.82 Å². The predicted molar refractivity (Wildman–Crippen MR) is 100 cm³/mol. The summed E-state index contributed by atoms with van der Waals surface area (Å²) in [5.74, 6) is -0.0818. The van der Waals surface area contributed by atoms with E-state index in [-0.39, 0.29) is 35.5 Å². The number of carbonyl (C=O) groups is 1. The molecule has 3 aromatic heterocycles. The number of aryl methyl sites for hydroxylation is 1. The van der Waals surface area contributed by atoms with Crippen molar-refractivity contribution in [3.05, 3.63) is 63.7 Å². The number of hydrogen-bond donors (Lipinski definition) is 1. The van der Waals surface area contributed by atoms with Crippen LogP contribution in [-0.2, 0) is 17.5 Å². The minimum atomic E-state index is -4.57. The minimum Gasteiger partial charge on any atom is -0.461 e. The molecule has 0 atom stereocenters. The molecule has 0 saturated carbocycles. The van der Waals surface area contributed by atoms with E-state index in [1.165, 1.54) is 10.5 Å². The van der Waals surface area contributed by atoms with Gasteiger partial charge in [0.15, 0.2) is 5.69 Å². The molecule has 0 aliphatic heterocycles. The van der Waals surface area contributed by atoms with Crippen molar-refractivity contribution < 1.29 is 22.7 Å². The van der Waals surface area contributed by atoms with E-state index in [9.17, 15) is 22.8 Å². The van der Waals surface area contributed by atoms with E-state index in [0.29, 0.717) is 11.5 Å². The number of benzene rings is 1. The van der Waals surface area contributed by atoms with E-state index < -0.39 is 23.3 Å². The summed E-state index contributed by atoms with van der Waals surface area (Å²) in [5, 5.41) is 0. The normalized spacial score (nSPS) is 12.0. The van der Waals surface area contributed by atoms with Gasteiger partial charge in [-0.05, 0) is 32.0 Å². The van der Waals surface area contributed by atoms with Crippen molar-refractivity contribution in [3.63, 3.8) is 0 Å². The Balaban J connectivity index is 2.05. The smallest absolute Gasteiger partial charge is 0.416 e. The third-order valence-electron chi connectivity index (χ3n) is 4.70. The molecule has 1 N–H and O–H groups in total. The number of nitrogens with one attached hydrogen (secondary N) is 1. The zero-order valence-corrected chi connectivity index (χ0v) is 15.9. The van der Waals surface area contributed by atoms with Gasteiger partial charge < -0.3 is 14.3 Å². The lowest BCUT2D eigenvalue weighted by molar-refractivity contribution is -0.137. The summed E-state index contributed by atoms with van der Waals surface area (Å²) < 4.78 is 47.5. The number of fused-ring (bicyclic) bond motifs is 3. The molecule has 0 bridgehead atoms. The first-order valence-electron chi connectivity index (χ1n) is 9.00. The third kappa shape index (κ3) is 3.21. The standard InChI is InChI=1S/C19H16F3N5O3/c1-3-30-18(29)15-14(9-26-7-6-23-10(26)2)27-13-5-4-11(19(20,21)22)8-12(13)24-17(28)16(27)25-15/h4-8H,3,9H2,1-2H3,(H,24,28). The summed E-state index contributed by atoms with van der Waals surface area (Å²) in [7, 11) is 0. The zero-order chi connectivity index (χ0) is 21.6. The highest BCUT2D eigenvalue weighted by Gasteiger charge is 2.31. The molecule has 30 heavy (non-hydrogen) atoms. The number of alkyl halides is 3. The van der Waals surface area contributed by atoms with E-state index in [4.69, 9.17) is 4.74 Å². The highest BCUT2D eigenvalue weighted by Crippen LogP contribution is 2.31. The van der Waals surface area contributed by atoms with E-state index in [0.717, 1.165) is 12.1 Å². The Morgan fingerprint density at radius 3 is 2.70 bits per heavy atom. The van der Waals surface area contributed by atoms with E-state index in [1.807, 2.05) is 0 Å². The second kappa shape index (κ2) is 7.01. The zero-order valence-electron chi connectivity index (χ0n) is 15.9. The second-order valence-corrected chi connectivity index (χ2v) is 6.57. The minimum absolute atomic E-state index is 0.0289. The van der Waals surface area contributed by atoms with Gasteiger partial charge in [-0.1, -0.05) is 0 Å². The summed E-state index contributed by atoms with van der Waals surface area (Å²) in [4.78, 5) is 35.8. The molecule has 4 aromatic rings. The number of hydrogen-bond acceptors (Lipinski definition) is 5. The number of nitrogens with zero attached hydrogens (tertiary/aromatic N) is 4. The molecule has 0 aliphatic rings. The van der Waals surface area contributed by atoms with Gasteiger partial charge in [0.2, 0.25) is 5.65 Å². The molecule has 0 fully saturated rings. The fraction of sp³-hybridized carbons (Fsp3) is 0.263. The molecule has 0 radical (unpaired) electrons. The number of rotatable bonds is 4. The van der Waals surface area contributed by atoms with Crippen LogP contribution in [0.1, 0.15) is 34.5 Å². The summed E-state index contributed by atoms with van der Waals surface area (Å²) in [6, 6.07) is 3.00. The molecule has 11 heteroatoms. The molecule has 0 spiro atoms. The van der Waals surface area contributed by atoms with Crippen molar-refractivity contribution >= 4 is 22.6 Å². The van der Waals surface area contributed by atoms with Crippen LogP contribution in [0.3, 0.4) is 0 Å². The average Bonchev–Trinajstić information content (AvgIpc) is 3.26. The molecule has 0 aliphatic carbocycles. The Bertz CT molecular complexity index is 1330. The van der Waals surface area contributed by atoms with Crippen LogP contribution in [0.2, 0.25) is 0 Å². The van der Waals surface area contributed by atoms with Gasteiger partial charge in [-0.3, -0.25) is 9.20 Å². The Morgan fingerprint density at radius 1 is 1.30 bits per heavy atom. The maximum Gasteiger partial charge on any atom is 0.416 e. The van der Waals surface area contributed by atoms with Crippen LogP contribution >= 0.6 is 0 Å². The topological polar surface area (TPSA) is 94.3 Å². The van der Waals surface area contributed by atoms with Crippen molar-refractivity contribution in [2.75, 3.05) is 6.61 Å². The summed E-state index contributed by atoms with van der Waals surface area (Å²) in [5.41, 5.74) is -1.27. The molecule has 0 saturated heterocycles. The van der Waals surface area contributed by atoms with Crippen molar-refractivity contribution in [3.8, 4) is 0 Å². The van der Waals surface area contributed by atoms with Gasteiger partial charge in [0, 0.05) is 12.4 Å².